The molecule has 42 heavy (non-hydrogen) atoms. The van der Waals surface area contributed by atoms with Crippen LogP contribution >= 0.6 is 11.6 Å². The van der Waals surface area contributed by atoms with Gasteiger partial charge in [-0.3, -0.25) is 14.5 Å². The Kier molecular flexibility index (Phi) is 9.43. The van der Waals surface area contributed by atoms with Crippen LogP contribution in [-0.4, -0.2) is 91.1 Å². The van der Waals surface area contributed by atoms with Crippen LogP contribution in [-0.2, 0) is 9.53 Å². The van der Waals surface area contributed by atoms with Crippen molar-refractivity contribution in [1.82, 2.24) is 14.7 Å². The molecule has 0 aliphatic carbocycles. The number of aryl methyl sites for hydroxylation is 2. The minimum absolute atomic E-state index is 0.0578. The summed E-state index contributed by atoms with van der Waals surface area (Å²) in [5.41, 5.74) is 4.73. The zero-order chi connectivity index (χ0) is 30.0. The number of benzene rings is 2. The first-order chi connectivity index (χ1) is 20.1. The zero-order valence-corrected chi connectivity index (χ0v) is 26.0. The van der Waals surface area contributed by atoms with Crippen LogP contribution < -0.4 is 4.90 Å². The molecule has 0 bridgehead atoms. The summed E-state index contributed by atoms with van der Waals surface area (Å²) in [5.74, 6) is 1.17. The Morgan fingerprint density at radius 3 is 2.26 bits per heavy atom. The lowest BCUT2D eigenvalue weighted by molar-refractivity contribution is -0.130. The van der Waals surface area contributed by atoms with Crippen LogP contribution in [0.15, 0.2) is 36.4 Å². The molecule has 3 aliphatic rings. The minimum Gasteiger partial charge on any atom is -0.446 e. The molecule has 3 aliphatic heterocycles. The average Bonchev–Trinajstić information content (AvgIpc) is 3.53. The van der Waals surface area contributed by atoms with Gasteiger partial charge in [-0.15, -0.1) is 0 Å². The van der Waals surface area contributed by atoms with Crippen molar-refractivity contribution in [3.8, 4) is 0 Å². The molecule has 9 heteroatoms. The maximum absolute atomic E-state index is 13.4. The monoisotopic (exact) mass is 594 g/mol. The summed E-state index contributed by atoms with van der Waals surface area (Å²) in [6.07, 6.45) is 1.52. The summed E-state index contributed by atoms with van der Waals surface area (Å²) in [4.78, 5) is 46.3. The third kappa shape index (κ3) is 6.76. The Balaban J connectivity index is 1.15. The summed E-state index contributed by atoms with van der Waals surface area (Å²) < 4.78 is 5.93. The molecule has 3 heterocycles. The first kappa shape index (κ1) is 30.4. The molecule has 2 atom stereocenters. The zero-order valence-electron chi connectivity index (χ0n) is 25.3. The van der Waals surface area contributed by atoms with E-state index in [1.807, 2.05) is 49.1 Å². The standard InChI is InChI=1S/C33H43ClN4O4/c1-22-7-5-8-30(24(22)3)32(40)37-20-26-18-35(19-27(26)21-37)13-6-14-38(28-10-9-23(2)31(34)17-28)33(41)42-29-11-15-36(16-12-29)25(4)39/h5,7-10,17,26-27,29H,6,11-16,18-21H2,1-4H3. The molecule has 2 aromatic carbocycles. The van der Waals surface area contributed by atoms with Gasteiger partial charge in [-0.1, -0.05) is 29.8 Å². The number of hydrogen-bond donors (Lipinski definition) is 0. The number of ether oxygens (including phenoxy) is 1. The Morgan fingerprint density at radius 1 is 0.929 bits per heavy atom. The van der Waals surface area contributed by atoms with Crippen molar-refractivity contribution in [1.29, 1.82) is 0 Å². The van der Waals surface area contributed by atoms with Crippen molar-refractivity contribution in [2.75, 3.05) is 57.3 Å². The van der Waals surface area contributed by atoms with E-state index < -0.39 is 0 Å². The molecule has 2 aromatic rings. The SMILES string of the molecule is CC(=O)N1CCC(OC(=O)N(CCCN2CC3CN(C(=O)c4cccc(C)c4C)CC3C2)c2ccc(C)c(Cl)c2)CC1. The van der Waals surface area contributed by atoms with Gasteiger partial charge in [0, 0.05) is 81.9 Å². The van der Waals surface area contributed by atoms with E-state index in [4.69, 9.17) is 16.3 Å². The average molecular weight is 595 g/mol. The molecule has 0 saturated carbocycles. The molecule has 5 rings (SSSR count). The summed E-state index contributed by atoms with van der Waals surface area (Å²) in [6, 6.07) is 11.6. The van der Waals surface area contributed by atoms with Crippen LogP contribution in [0.1, 0.15) is 53.2 Å². The number of anilines is 1. The second-order valence-corrected chi connectivity index (χ2v) is 12.7. The highest BCUT2D eigenvalue weighted by Gasteiger charge is 2.41. The smallest absolute Gasteiger partial charge is 0.414 e. The molecule has 8 nitrogen and oxygen atoms in total. The number of piperidine rings is 1. The Labute approximate surface area is 254 Å². The molecule has 2 unspecified atom stereocenters. The number of carbonyl (C=O) groups is 3. The number of halogens is 1. The summed E-state index contributed by atoms with van der Waals surface area (Å²) >= 11 is 6.43. The van der Waals surface area contributed by atoms with Gasteiger partial charge in [-0.25, -0.2) is 4.79 Å². The number of rotatable bonds is 7. The fraction of sp³-hybridized carbons (Fsp3) is 0.545. The van der Waals surface area contributed by atoms with Crippen LogP contribution in [0.5, 0.6) is 0 Å². The van der Waals surface area contributed by atoms with Crippen LogP contribution in [0.4, 0.5) is 10.5 Å². The van der Waals surface area contributed by atoms with E-state index in [0.717, 1.165) is 67.1 Å². The molecule has 3 amide bonds. The summed E-state index contributed by atoms with van der Waals surface area (Å²) in [6.45, 7) is 13.7. The van der Waals surface area contributed by atoms with Gasteiger partial charge < -0.3 is 19.4 Å². The van der Waals surface area contributed by atoms with Crippen molar-refractivity contribution in [2.45, 2.75) is 53.1 Å². The lowest BCUT2D eigenvalue weighted by Gasteiger charge is -2.32. The molecule has 0 spiro atoms. The van der Waals surface area contributed by atoms with E-state index in [0.29, 0.717) is 49.3 Å². The number of hydrogen-bond acceptors (Lipinski definition) is 5. The van der Waals surface area contributed by atoms with E-state index in [1.165, 1.54) is 0 Å². The first-order valence-electron chi connectivity index (χ1n) is 15.2. The highest BCUT2D eigenvalue weighted by Crippen LogP contribution is 2.33. The van der Waals surface area contributed by atoms with Gasteiger partial charge >= 0.3 is 6.09 Å². The van der Waals surface area contributed by atoms with E-state index in [2.05, 4.69) is 17.9 Å². The van der Waals surface area contributed by atoms with Crippen LogP contribution in [0.3, 0.4) is 0 Å². The third-order valence-corrected chi connectivity index (χ3v) is 9.79. The Morgan fingerprint density at radius 2 is 1.62 bits per heavy atom. The van der Waals surface area contributed by atoms with Crippen molar-refractivity contribution in [3.05, 3.63) is 63.7 Å². The van der Waals surface area contributed by atoms with Gasteiger partial charge in [0.05, 0.1) is 0 Å². The second-order valence-electron chi connectivity index (χ2n) is 12.3. The lowest BCUT2D eigenvalue weighted by Crippen LogP contribution is -2.43. The fourth-order valence-electron chi connectivity index (χ4n) is 6.61. The summed E-state index contributed by atoms with van der Waals surface area (Å²) in [5, 5.41) is 0.618. The predicted molar refractivity (Wildman–Crippen MR) is 165 cm³/mol. The Bertz CT molecular complexity index is 1310. The van der Waals surface area contributed by atoms with Crippen LogP contribution in [0.25, 0.3) is 0 Å². The van der Waals surface area contributed by atoms with Gasteiger partial charge in [0.2, 0.25) is 5.91 Å². The van der Waals surface area contributed by atoms with E-state index in [1.54, 1.807) is 16.7 Å². The van der Waals surface area contributed by atoms with Gasteiger partial charge in [-0.2, -0.15) is 0 Å². The molecule has 0 aromatic heterocycles. The summed E-state index contributed by atoms with van der Waals surface area (Å²) in [7, 11) is 0. The number of fused-ring (bicyclic) bond motifs is 1. The van der Waals surface area contributed by atoms with E-state index in [9.17, 15) is 14.4 Å². The van der Waals surface area contributed by atoms with E-state index >= 15 is 0 Å². The number of nitrogens with zero attached hydrogens (tertiary/aromatic N) is 4. The number of amides is 3. The van der Waals surface area contributed by atoms with Gasteiger partial charge in [0.1, 0.15) is 6.10 Å². The van der Waals surface area contributed by atoms with Crippen molar-refractivity contribution in [2.24, 2.45) is 11.8 Å². The molecular formula is C33H43ClN4O4. The second kappa shape index (κ2) is 13.0. The van der Waals surface area contributed by atoms with Gasteiger partial charge in [0.15, 0.2) is 0 Å². The minimum atomic E-state index is -0.366. The fourth-order valence-corrected chi connectivity index (χ4v) is 6.79. The first-order valence-corrected chi connectivity index (χ1v) is 15.6. The molecule has 3 saturated heterocycles. The molecule has 3 fully saturated rings. The molecule has 0 radical (unpaired) electrons. The van der Waals surface area contributed by atoms with Crippen LogP contribution in [0, 0.1) is 32.6 Å². The van der Waals surface area contributed by atoms with Gasteiger partial charge in [0.25, 0.3) is 5.91 Å². The maximum atomic E-state index is 13.4. The number of carbonyl (C=O) groups excluding carboxylic acids is 3. The van der Waals surface area contributed by atoms with Crippen molar-refractivity contribution >= 4 is 35.2 Å². The quantitative estimate of drug-likeness (QED) is 0.434. The molecule has 226 valence electrons. The molecule has 0 N–H and O–H groups in total. The third-order valence-electron chi connectivity index (χ3n) is 9.38. The highest BCUT2D eigenvalue weighted by molar-refractivity contribution is 6.31. The van der Waals surface area contributed by atoms with E-state index in [-0.39, 0.29) is 24.0 Å². The molecular weight excluding hydrogens is 552 g/mol. The topological polar surface area (TPSA) is 73.4 Å². The van der Waals surface area contributed by atoms with Crippen molar-refractivity contribution in [3.63, 3.8) is 0 Å². The van der Waals surface area contributed by atoms with Crippen LogP contribution in [0.2, 0.25) is 5.02 Å². The number of likely N-dealkylation sites (tertiary alicyclic amines) is 3. The maximum Gasteiger partial charge on any atom is 0.414 e. The van der Waals surface area contributed by atoms with Gasteiger partial charge in [-0.05, 0) is 80.5 Å². The largest absolute Gasteiger partial charge is 0.446 e. The lowest BCUT2D eigenvalue weighted by atomic mass is 10.0. The normalized spacial score (nSPS) is 21.0. The highest BCUT2D eigenvalue weighted by atomic mass is 35.5. The predicted octanol–water partition coefficient (Wildman–Crippen LogP) is 5.31. The van der Waals surface area contributed by atoms with Crippen molar-refractivity contribution < 1.29 is 19.1 Å². The Hall–Kier alpha value is -3.10.